The van der Waals surface area contributed by atoms with E-state index in [0.717, 1.165) is 33.3 Å². The number of anilines is 1. The number of halogens is 3. The fourth-order valence-corrected chi connectivity index (χ4v) is 4.84. The molecular weight excluding hydrogens is 437 g/mol. The van der Waals surface area contributed by atoms with Crippen LogP contribution in [0.5, 0.6) is 0 Å². The molecule has 3 N–H and O–H groups in total. The second-order valence-electron chi connectivity index (χ2n) is 7.94. The molecule has 1 fully saturated rings. The number of alkyl halides is 3. The Labute approximate surface area is 188 Å². The fraction of sp³-hybridized carbons (Fsp3) is 0.304. The van der Waals surface area contributed by atoms with Gasteiger partial charge in [-0.1, -0.05) is 30.3 Å². The van der Waals surface area contributed by atoms with Gasteiger partial charge in [-0.25, -0.2) is 9.78 Å². The first kappa shape index (κ1) is 22.3. The number of hydrogen-bond donors (Lipinski definition) is 2. The smallest absolute Gasteiger partial charge is 0.324 e. The average Bonchev–Trinajstić information content (AvgIpc) is 3.17. The summed E-state index contributed by atoms with van der Waals surface area (Å²) < 4.78 is 38.1. The normalized spacial score (nSPS) is 16.1. The van der Waals surface area contributed by atoms with Gasteiger partial charge in [0.25, 0.3) is 0 Å². The van der Waals surface area contributed by atoms with E-state index in [0.29, 0.717) is 31.6 Å². The lowest BCUT2D eigenvalue weighted by atomic mass is 9.89. The molecule has 1 saturated heterocycles. The van der Waals surface area contributed by atoms with E-state index in [4.69, 9.17) is 10.7 Å². The molecule has 0 aliphatic carbocycles. The number of carbonyl (C=O) groups excluding carboxylic acids is 1. The lowest BCUT2D eigenvalue weighted by Gasteiger charge is -2.37. The molecule has 2 amide bonds. The van der Waals surface area contributed by atoms with E-state index in [-0.39, 0.29) is 6.03 Å². The Bertz CT molecular complexity index is 1090. The summed E-state index contributed by atoms with van der Waals surface area (Å²) in [6.45, 7) is 2.89. The van der Waals surface area contributed by atoms with Crippen LogP contribution in [0.15, 0.2) is 54.6 Å². The number of nitrogens with two attached hydrogens (primary N) is 1. The van der Waals surface area contributed by atoms with Gasteiger partial charge in [-0.15, -0.1) is 11.3 Å². The number of urea groups is 1. The number of hydrogen-bond acceptors (Lipinski definition) is 4. The zero-order chi connectivity index (χ0) is 22.9. The van der Waals surface area contributed by atoms with Gasteiger partial charge in [0.2, 0.25) is 0 Å². The van der Waals surface area contributed by atoms with Crippen molar-refractivity contribution in [3.8, 4) is 11.3 Å². The quantitative estimate of drug-likeness (QED) is 0.533. The van der Waals surface area contributed by atoms with Crippen molar-refractivity contribution in [2.45, 2.75) is 31.5 Å². The number of thiazole rings is 1. The summed E-state index contributed by atoms with van der Waals surface area (Å²) in [4.78, 5) is 20.1. The highest BCUT2D eigenvalue weighted by Crippen LogP contribution is 2.37. The summed E-state index contributed by atoms with van der Waals surface area (Å²) in [5, 5.41) is 3.52. The molecule has 0 atom stereocenters. The lowest BCUT2D eigenvalue weighted by Crippen LogP contribution is -2.50. The van der Waals surface area contributed by atoms with Crippen molar-refractivity contribution in [3.05, 3.63) is 70.0 Å². The zero-order valence-electron chi connectivity index (χ0n) is 17.4. The highest BCUT2D eigenvalue weighted by Gasteiger charge is 2.37. The van der Waals surface area contributed by atoms with Gasteiger partial charge >= 0.3 is 12.2 Å². The molecule has 1 aliphatic rings. The molecule has 9 heteroatoms. The van der Waals surface area contributed by atoms with Gasteiger partial charge in [0.15, 0.2) is 0 Å². The van der Waals surface area contributed by atoms with Crippen LogP contribution < -0.4 is 11.1 Å². The third-order valence-electron chi connectivity index (χ3n) is 5.68. The van der Waals surface area contributed by atoms with Gasteiger partial charge in [0.1, 0.15) is 5.01 Å². The minimum Gasteiger partial charge on any atom is -0.324 e. The summed E-state index contributed by atoms with van der Waals surface area (Å²) in [6.07, 6.45) is -3.31. The van der Waals surface area contributed by atoms with Crippen LogP contribution in [-0.2, 0) is 11.7 Å². The van der Waals surface area contributed by atoms with Crippen molar-refractivity contribution in [1.29, 1.82) is 0 Å². The van der Waals surface area contributed by atoms with E-state index >= 15 is 0 Å². The number of piperidine rings is 1. The molecule has 0 saturated carbocycles. The predicted octanol–water partition coefficient (Wildman–Crippen LogP) is 5.62. The first-order valence-electron chi connectivity index (χ1n) is 10.2. The Balaban J connectivity index is 1.40. The molecule has 4 rings (SSSR count). The first-order chi connectivity index (χ1) is 15.2. The number of benzene rings is 2. The molecule has 3 aromatic rings. The van der Waals surface area contributed by atoms with Gasteiger partial charge in [0.05, 0.1) is 16.8 Å². The fourth-order valence-electron chi connectivity index (χ4n) is 3.74. The van der Waals surface area contributed by atoms with Crippen molar-refractivity contribution in [3.63, 3.8) is 0 Å². The number of nitrogens with zero attached hydrogens (tertiary/aromatic N) is 2. The maximum Gasteiger partial charge on any atom is 0.416 e. The van der Waals surface area contributed by atoms with Crippen LogP contribution in [-0.4, -0.2) is 29.0 Å². The topological polar surface area (TPSA) is 71.2 Å². The molecule has 1 aromatic heterocycles. The van der Waals surface area contributed by atoms with Gasteiger partial charge in [-0.3, -0.25) is 0 Å². The maximum atomic E-state index is 12.7. The van der Waals surface area contributed by atoms with Gasteiger partial charge in [-0.05, 0) is 44.0 Å². The summed E-state index contributed by atoms with van der Waals surface area (Å²) in [5.41, 5.74) is 7.61. The number of carbonyl (C=O) groups is 1. The van der Waals surface area contributed by atoms with Crippen LogP contribution in [0.3, 0.4) is 0 Å². The standard InChI is InChI=1S/C23H23F3N4OS/c1-15-19(16-5-3-2-4-6-16)29-20(32-15)22(27)11-13-30(14-12-22)21(31)28-18-9-7-17(8-10-18)23(24,25)26/h2-10H,11-14,27H2,1H3,(H,28,31). The Hall–Kier alpha value is -2.91. The SMILES string of the molecule is Cc1sc(C2(N)CCN(C(=O)Nc3ccc(C(F)(F)F)cc3)CC2)nc1-c1ccccc1. The lowest BCUT2D eigenvalue weighted by molar-refractivity contribution is -0.137. The number of aromatic nitrogens is 1. The minimum absolute atomic E-state index is 0.315. The molecule has 1 aliphatic heterocycles. The third kappa shape index (κ3) is 4.63. The van der Waals surface area contributed by atoms with Crippen molar-refractivity contribution >= 4 is 23.1 Å². The number of rotatable bonds is 3. The van der Waals surface area contributed by atoms with Crippen LogP contribution >= 0.6 is 11.3 Å². The zero-order valence-corrected chi connectivity index (χ0v) is 18.3. The molecule has 168 valence electrons. The van der Waals surface area contributed by atoms with E-state index in [1.807, 2.05) is 37.3 Å². The molecule has 0 radical (unpaired) electrons. The van der Waals surface area contributed by atoms with Gasteiger partial charge < -0.3 is 16.0 Å². The first-order valence-corrected chi connectivity index (χ1v) is 11.0. The average molecular weight is 461 g/mol. The summed E-state index contributed by atoms with van der Waals surface area (Å²) >= 11 is 1.58. The van der Waals surface area contributed by atoms with E-state index in [1.165, 1.54) is 12.1 Å². The van der Waals surface area contributed by atoms with E-state index in [1.54, 1.807) is 16.2 Å². The second kappa shape index (κ2) is 8.55. The molecular formula is C23H23F3N4OS. The molecule has 32 heavy (non-hydrogen) atoms. The Kier molecular flexibility index (Phi) is 5.96. The molecule has 2 heterocycles. The van der Waals surface area contributed by atoms with Crippen LogP contribution in [0.1, 0.15) is 28.3 Å². The van der Waals surface area contributed by atoms with E-state index in [2.05, 4.69) is 5.32 Å². The van der Waals surface area contributed by atoms with Crippen molar-refractivity contribution in [2.75, 3.05) is 18.4 Å². The number of amides is 2. The van der Waals surface area contributed by atoms with Crippen LogP contribution in [0, 0.1) is 6.92 Å². The molecule has 2 aromatic carbocycles. The Morgan fingerprint density at radius 2 is 1.72 bits per heavy atom. The van der Waals surface area contributed by atoms with Crippen LogP contribution in [0.25, 0.3) is 11.3 Å². The van der Waals surface area contributed by atoms with Crippen LogP contribution in [0.4, 0.5) is 23.7 Å². The summed E-state index contributed by atoms with van der Waals surface area (Å²) in [5.74, 6) is 0. The number of aryl methyl sites for hydroxylation is 1. The highest BCUT2D eigenvalue weighted by atomic mass is 32.1. The number of likely N-dealkylation sites (tertiary alicyclic amines) is 1. The molecule has 5 nitrogen and oxygen atoms in total. The van der Waals surface area contributed by atoms with Gasteiger partial charge in [0, 0.05) is 29.2 Å². The predicted molar refractivity (Wildman–Crippen MR) is 119 cm³/mol. The largest absolute Gasteiger partial charge is 0.416 e. The van der Waals surface area contributed by atoms with Crippen LogP contribution in [0.2, 0.25) is 0 Å². The van der Waals surface area contributed by atoms with Crippen molar-refractivity contribution in [2.24, 2.45) is 5.73 Å². The second-order valence-corrected chi connectivity index (χ2v) is 9.14. The highest BCUT2D eigenvalue weighted by molar-refractivity contribution is 7.12. The molecule has 0 spiro atoms. The van der Waals surface area contributed by atoms with E-state index in [9.17, 15) is 18.0 Å². The van der Waals surface area contributed by atoms with Crippen molar-refractivity contribution in [1.82, 2.24) is 9.88 Å². The summed E-state index contributed by atoms with van der Waals surface area (Å²) in [6, 6.07) is 14.0. The monoisotopic (exact) mass is 460 g/mol. The Morgan fingerprint density at radius 3 is 2.31 bits per heavy atom. The van der Waals surface area contributed by atoms with Gasteiger partial charge in [-0.2, -0.15) is 13.2 Å². The van der Waals surface area contributed by atoms with Crippen molar-refractivity contribution < 1.29 is 18.0 Å². The summed E-state index contributed by atoms with van der Waals surface area (Å²) in [7, 11) is 0. The Morgan fingerprint density at radius 1 is 1.09 bits per heavy atom. The molecule has 0 bridgehead atoms. The third-order valence-corrected chi connectivity index (χ3v) is 6.87. The maximum absolute atomic E-state index is 12.7. The number of nitrogens with one attached hydrogen (secondary N) is 1. The van der Waals surface area contributed by atoms with E-state index < -0.39 is 17.3 Å². The molecule has 0 unspecified atom stereocenters. The minimum atomic E-state index is -4.41.